The van der Waals surface area contributed by atoms with E-state index in [2.05, 4.69) is 4.98 Å². The summed E-state index contributed by atoms with van der Waals surface area (Å²) in [6.45, 7) is 4.52. The van der Waals surface area contributed by atoms with E-state index in [0.717, 1.165) is 28.6 Å². The highest BCUT2D eigenvalue weighted by Gasteiger charge is 2.34. The molecule has 2 aromatic rings. The molecule has 2 unspecified atom stereocenters. The van der Waals surface area contributed by atoms with Gasteiger partial charge in [-0.05, 0) is 37.3 Å². The van der Waals surface area contributed by atoms with Crippen molar-refractivity contribution in [3.8, 4) is 0 Å². The Morgan fingerprint density at radius 2 is 2.09 bits per heavy atom. The van der Waals surface area contributed by atoms with Crippen molar-refractivity contribution in [2.24, 2.45) is 5.92 Å². The predicted molar refractivity (Wildman–Crippen MR) is 88.3 cm³/mol. The Hall–Kier alpha value is -2.30. The number of likely N-dealkylation sites (tertiary alicyclic amines) is 1. The summed E-state index contributed by atoms with van der Waals surface area (Å²) in [6, 6.07) is 7.19. The number of aromatic amines is 1. The summed E-state index contributed by atoms with van der Waals surface area (Å²) in [4.78, 5) is 29.1. The van der Waals surface area contributed by atoms with Crippen molar-refractivity contribution in [2.75, 3.05) is 6.54 Å². The summed E-state index contributed by atoms with van der Waals surface area (Å²) >= 11 is 0. The van der Waals surface area contributed by atoms with Crippen LogP contribution in [0.4, 0.5) is 0 Å². The van der Waals surface area contributed by atoms with E-state index in [-0.39, 0.29) is 12.3 Å². The number of carbonyl (C=O) groups excluding carboxylic acids is 1. The predicted octanol–water partition coefficient (Wildman–Crippen LogP) is 2.73. The van der Waals surface area contributed by atoms with E-state index >= 15 is 0 Å². The first-order chi connectivity index (χ1) is 11.0. The Balaban J connectivity index is 1.85. The molecular formula is C18H22N2O3. The number of amides is 1. The van der Waals surface area contributed by atoms with Crippen LogP contribution in [0.3, 0.4) is 0 Å². The third kappa shape index (κ3) is 2.96. The van der Waals surface area contributed by atoms with Gasteiger partial charge < -0.3 is 15.0 Å². The van der Waals surface area contributed by atoms with Crippen LogP contribution in [0.25, 0.3) is 10.9 Å². The summed E-state index contributed by atoms with van der Waals surface area (Å²) in [5.41, 5.74) is 2.94. The van der Waals surface area contributed by atoms with Crippen LogP contribution in [0.15, 0.2) is 24.3 Å². The number of piperidine rings is 1. The van der Waals surface area contributed by atoms with E-state index in [1.165, 1.54) is 0 Å². The zero-order chi connectivity index (χ0) is 16.6. The molecule has 0 saturated carbocycles. The van der Waals surface area contributed by atoms with Crippen LogP contribution >= 0.6 is 0 Å². The number of carbonyl (C=O) groups is 2. The average molecular weight is 314 g/mol. The molecule has 1 amide bonds. The zero-order valence-electron chi connectivity index (χ0n) is 13.5. The van der Waals surface area contributed by atoms with Gasteiger partial charge in [-0.2, -0.15) is 0 Å². The van der Waals surface area contributed by atoms with Gasteiger partial charge >= 0.3 is 5.97 Å². The van der Waals surface area contributed by atoms with Crippen LogP contribution in [0.1, 0.15) is 31.0 Å². The number of rotatable bonds is 3. The Bertz CT molecular complexity index is 750. The molecule has 2 atom stereocenters. The molecule has 2 heterocycles. The van der Waals surface area contributed by atoms with Crippen molar-refractivity contribution >= 4 is 22.8 Å². The fourth-order valence-electron chi connectivity index (χ4n) is 3.49. The summed E-state index contributed by atoms with van der Waals surface area (Å²) in [5.74, 6) is -0.660. The van der Waals surface area contributed by atoms with Gasteiger partial charge in [0.25, 0.3) is 0 Å². The highest BCUT2D eigenvalue weighted by molar-refractivity contribution is 5.91. The van der Waals surface area contributed by atoms with Crippen LogP contribution in [0.5, 0.6) is 0 Å². The van der Waals surface area contributed by atoms with E-state index in [9.17, 15) is 14.7 Å². The largest absolute Gasteiger partial charge is 0.480 e. The fourth-order valence-corrected chi connectivity index (χ4v) is 3.49. The first-order valence-corrected chi connectivity index (χ1v) is 8.06. The van der Waals surface area contributed by atoms with Crippen molar-refractivity contribution < 1.29 is 14.7 Å². The molecule has 2 N–H and O–H groups in total. The lowest BCUT2D eigenvalue weighted by Crippen LogP contribution is -2.50. The number of fused-ring (bicyclic) bond motifs is 1. The Kier molecular flexibility index (Phi) is 4.11. The van der Waals surface area contributed by atoms with Crippen LogP contribution < -0.4 is 0 Å². The lowest BCUT2D eigenvalue weighted by molar-refractivity contribution is -0.152. The number of nitrogens with zero attached hydrogens (tertiary/aromatic N) is 1. The molecule has 5 nitrogen and oxygen atoms in total. The van der Waals surface area contributed by atoms with Gasteiger partial charge in [-0.3, -0.25) is 4.79 Å². The number of aryl methyl sites for hydroxylation is 1. The van der Waals surface area contributed by atoms with Crippen LogP contribution in [-0.2, 0) is 16.0 Å². The lowest BCUT2D eigenvalue weighted by atomic mass is 9.92. The number of benzene rings is 1. The first kappa shape index (κ1) is 15.6. The molecule has 0 radical (unpaired) electrons. The fraction of sp³-hybridized carbons (Fsp3) is 0.444. The minimum absolute atomic E-state index is 0.0999. The van der Waals surface area contributed by atoms with E-state index in [1.807, 2.05) is 38.1 Å². The highest BCUT2D eigenvalue weighted by Crippen LogP contribution is 2.26. The minimum atomic E-state index is -0.902. The molecule has 3 rings (SSSR count). The van der Waals surface area contributed by atoms with Crippen LogP contribution in [0.2, 0.25) is 0 Å². The first-order valence-electron chi connectivity index (χ1n) is 8.06. The molecule has 1 aromatic heterocycles. The summed E-state index contributed by atoms with van der Waals surface area (Å²) in [6.07, 6.45) is 1.64. The van der Waals surface area contributed by atoms with Crippen LogP contribution in [-0.4, -0.2) is 39.5 Å². The molecular weight excluding hydrogens is 292 g/mol. The number of hydrogen-bond donors (Lipinski definition) is 2. The van der Waals surface area contributed by atoms with Gasteiger partial charge in [0.15, 0.2) is 0 Å². The second-order valence-corrected chi connectivity index (χ2v) is 6.52. The van der Waals surface area contributed by atoms with Crippen molar-refractivity contribution in [3.63, 3.8) is 0 Å². The average Bonchev–Trinajstić information content (AvgIpc) is 2.83. The Labute approximate surface area is 135 Å². The van der Waals surface area contributed by atoms with E-state index in [4.69, 9.17) is 0 Å². The van der Waals surface area contributed by atoms with Crippen molar-refractivity contribution in [1.29, 1.82) is 0 Å². The molecule has 0 aliphatic carbocycles. The molecule has 1 fully saturated rings. The standard InChI is InChI=1S/C18H22N2O3/c1-11-7-8-20(16(9-11)18(22)23)17(21)10-14-12(2)19-15-6-4-3-5-13(14)15/h3-6,11,16,19H,7-10H2,1-2H3,(H,22,23). The number of aliphatic carboxylic acids is 1. The lowest BCUT2D eigenvalue weighted by Gasteiger charge is -2.36. The van der Waals surface area contributed by atoms with E-state index in [0.29, 0.717) is 18.9 Å². The maximum Gasteiger partial charge on any atom is 0.326 e. The molecule has 1 saturated heterocycles. The van der Waals surface area contributed by atoms with Crippen LogP contribution in [0, 0.1) is 12.8 Å². The summed E-state index contributed by atoms with van der Waals surface area (Å²) in [5, 5.41) is 10.5. The van der Waals surface area contributed by atoms with Gasteiger partial charge in [0, 0.05) is 23.1 Å². The molecule has 23 heavy (non-hydrogen) atoms. The van der Waals surface area contributed by atoms with Gasteiger partial charge in [0.2, 0.25) is 5.91 Å². The summed E-state index contributed by atoms with van der Waals surface area (Å²) < 4.78 is 0. The van der Waals surface area contributed by atoms with Crippen molar-refractivity contribution in [3.05, 3.63) is 35.5 Å². The third-order valence-electron chi connectivity index (χ3n) is 4.83. The second kappa shape index (κ2) is 6.07. The van der Waals surface area contributed by atoms with Gasteiger partial charge in [0.05, 0.1) is 6.42 Å². The number of aromatic nitrogens is 1. The Morgan fingerprint density at radius 1 is 1.35 bits per heavy atom. The third-order valence-corrected chi connectivity index (χ3v) is 4.83. The monoisotopic (exact) mass is 314 g/mol. The van der Waals surface area contributed by atoms with Gasteiger partial charge in [0.1, 0.15) is 6.04 Å². The van der Waals surface area contributed by atoms with E-state index < -0.39 is 12.0 Å². The highest BCUT2D eigenvalue weighted by atomic mass is 16.4. The maximum absolute atomic E-state index is 12.7. The SMILES string of the molecule is Cc1[nH]c2ccccc2c1CC(=O)N1CCC(C)CC1C(=O)O. The normalized spacial score (nSPS) is 21.6. The number of nitrogens with one attached hydrogen (secondary N) is 1. The molecule has 0 bridgehead atoms. The van der Waals surface area contributed by atoms with Gasteiger partial charge in [-0.15, -0.1) is 0 Å². The minimum Gasteiger partial charge on any atom is -0.480 e. The van der Waals surface area contributed by atoms with E-state index in [1.54, 1.807) is 4.90 Å². The number of carboxylic acid groups (broad SMARTS) is 1. The smallest absolute Gasteiger partial charge is 0.326 e. The molecule has 1 aromatic carbocycles. The maximum atomic E-state index is 12.7. The van der Waals surface area contributed by atoms with Gasteiger partial charge in [-0.1, -0.05) is 25.1 Å². The van der Waals surface area contributed by atoms with Crippen molar-refractivity contribution in [2.45, 2.75) is 39.2 Å². The second-order valence-electron chi connectivity index (χ2n) is 6.52. The number of H-pyrrole nitrogens is 1. The number of hydrogen-bond acceptors (Lipinski definition) is 2. The summed E-state index contributed by atoms with van der Waals surface area (Å²) in [7, 11) is 0. The quantitative estimate of drug-likeness (QED) is 0.915. The molecule has 1 aliphatic heterocycles. The topological polar surface area (TPSA) is 73.4 Å². The Morgan fingerprint density at radius 3 is 2.83 bits per heavy atom. The van der Waals surface area contributed by atoms with Crippen molar-refractivity contribution in [1.82, 2.24) is 9.88 Å². The molecule has 5 heteroatoms. The molecule has 0 spiro atoms. The molecule has 122 valence electrons. The zero-order valence-corrected chi connectivity index (χ0v) is 13.5. The number of para-hydroxylation sites is 1. The number of carboxylic acids is 1. The molecule has 1 aliphatic rings. The van der Waals surface area contributed by atoms with Gasteiger partial charge in [-0.25, -0.2) is 4.79 Å².